The van der Waals surface area contributed by atoms with Gasteiger partial charge in [-0.15, -0.1) is 0 Å². The topological polar surface area (TPSA) is 71.3 Å². The molecule has 1 atom stereocenters. The highest BCUT2D eigenvalue weighted by atomic mass is 16.5. The SMILES string of the molecule is CC(Oc1cccc(C#N)c1)C(=O)Nc1ccc(Oc2ccccc2)cc1. The molecule has 0 aliphatic rings. The number of nitriles is 1. The van der Waals surface area contributed by atoms with Gasteiger partial charge in [0.1, 0.15) is 17.2 Å². The molecule has 0 saturated heterocycles. The Hall–Kier alpha value is -3.78. The van der Waals surface area contributed by atoms with E-state index < -0.39 is 6.10 Å². The Kier molecular flexibility index (Phi) is 5.70. The van der Waals surface area contributed by atoms with Crippen molar-refractivity contribution in [1.82, 2.24) is 0 Å². The molecule has 0 spiro atoms. The van der Waals surface area contributed by atoms with E-state index in [0.717, 1.165) is 5.75 Å². The first-order valence-electron chi connectivity index (χ1n) is 8.45. The van der Waals surface area contributed by atoms with Gasteiger partial charge in [-0.05, 0) is 61.5 Å². The smallest absolute Gasteiger partial charge is 0.265 e. The van der Waals surface area contributed by atoms with Gasteiger partial charge < -0.3 is 14.8 Å². The number of para-hydroxylation sites is 1. The number of hydrogen-bond donors (Lipinski definition) is 1. The highest BCUT2D eigenvalue weighted by Crippen LogP contribution is 2.23. The fourth-order valence-electron chi connectivity index (χ4n) is 2.37. The minimum Gasteiger partial charge on any atom is -0.481 e. The molecule has 0 aliphatic carbocycles. The molecule has 0 aliphatic heterocycles. The maximum Gasteiger partial charge on any atom is 0.265 e. The van der Waals surface area contributed by atoms with Crippen LogP contribution in [0.1, 0.15) is 12.5 Å². The van der Waals surface area contributed by atoms with Crippen LogP contribution >= 0.6 is 0 Å². The molecule has 1 unspecified atom stereocenters. The molecule has 5 nitrogen and oxygen atoms in total. The number of amides is 1. The predicted octanol–water partition coefficient (Wildman–Crippen LogP) is 4.76. The summed E-state index contributed by atoms with van der Waals surface area (Å²) in [6.45, 7) is 1.65. The summed E-state index contributed by atoms with van der Waals surface area (Å²) in [5.41, 5.74) is 1.12. The molecule has 0 radical (unpaired) electrons. The van der Waals surface area contributed by atoms with Crippen molar-refractivity contribution >= 4 is 11.6 Å². The number of benzene rings is 3. The predicted molar refractivity (Wildman–Crippen MR) is 103 cm³/mol. The van der Waals surface area contributed by atoms with Gasteiger partial charge in [0.2, 0.25) is 0 Å². The van der Waals surface area contributed by atoms with Gasteiger partial charge in [-0.1, -0.05) is 24.3 Å². The largest absolute Gasteiger partial charge is 0.481 e. The van der Waals surface area contributed by atoms with Gasteiger partial charge in [0.05, 0.1) is 11.6 Å². The van der Waals surface area contributed by atoms with Gasteiger partial charge in [0, 0.05) is 5.69 Å². The summed E-state index contributed by atoms with van der Waals surface area (Å²) >= 11 is 0. The van der Waals surface area contributed by atoms with Gasteiger partial charge in [-0.25, -0.2) is 0 Å². The van der Waals surface area contributed by atoms with E-state index in [9.17, 15) is 4.79 Å². The number of nitrogens with one attached hydrogen (secondary N) is 1. The monoisotopic (exact) mass is 358 g/mol. The van der Waals surface area contributed by atoms with Gasteiger partial charge in [0.25, 0.3) is 5.91 Å². The maximum atomic E-state index is 12.3. The van der Waals surface area contributed by atoms with Crippen LogP contribution in [0.2, 0.25) is 0 Å². The van der Waals surface area contributed by atoms with Gasteiger partial charge in [-0.3, -0.25) is 4.79 Å². The standard InChI is InChI=1S/C22H18N2O3/c1-16(26-21-9-5-6-17(14-21)15-23)22(25)24-18-10-12-20(13-11-18)27-19-7-3-2-4-8-19/h2-14,16H,1H3,(H,24,25). The first-order chi connectivity index (χ1) is 13.1. The lowest BCUT2D eigenvalue weighted by Crippen LogP contribution is -2.30. The number of anilines is 1. The van der Waals surface area contributed by atoms with Gasteiger partial charge in [0.15, 0.2) is 6.10 Å². The van der Waals surface area contributed by atoms with Crippen LogP contribution in [0, 0.1) is 11.3 Å². The Morgan fingerprint density at radius 3 is 2.30 bits per heavy atom. The first-order valence-corrected chi connectivity index (χ1v) is 8.45. The Morgan fingerprint density at radius 1 is 0.926 bits per heavy atom. The Bertz CT molecular complexity index is 947. The average molecular weight is 358 g/mol. The fraction of sp³-hybridized carbons (Fsp3) is 0.0909. The molecular formula is C22H18N2O3. The van der Waals surface area contributed by atoms with Gasteiger partial charge in [-0.2, -0.15) is 5.26 Å². The third-order valence-electron chi connectivity index (χ3n) is 3.75. The van der Waals surface area contributed by atoms with Crippen molar-refractivity contribution in [3.63, 3.8) is 0 Å². The quantitative estimate of drug-likeness (QED) is 0.690. The summed E-state index contributed by atoms with van der Waals surface area (Å²) in [4.78, 5) is 12.3. The number of rotatable bonds is 6. The van der Waals surface area contributed by atoms with Crippen LogP contribution in [0.15, 0.2) is 78.9 Å². The maximum absolute atomic E-state index is 12.3. The van der Waals surface area contributed by atoms with Crippen molar-refractivity contribution in [1.29, 1.82) is 5.26 Å². The van der Waals surface area contributed by atoms with Crippen LogP contribution in [0.25, 0.3) is 0 Å². The van der Waals surface area contributed by atoms with Crippen molar-refractivity contribution in [3.8, 4) is 23.3 Å². The van der Waals surface area contributed by atoms with Gasteiger partial charge >= 0.3 is 0 Å². The summed E-state index contributed by atoms with van der Waals surface area (Å²) < 4.78 is 11.3. The fourth-order valence-corrected chi connectivity index (χ4v) is 2.37. The summed E-state index contributed by atoms with van der Waals surface area (Å²) in [6, 6.07) is 25.3. The molecule has 0 saturated carbocycles. The van der Waals surface area contributed by atoms with E-state index in [-0.39, 0.29) is 5.91 Å². The lowest BCUT2D eigenvalue weighted by atomic mass is 10.2. The van der Waals surface area contributed by atoms with Crippen LogP contribution in [-0.4, -0.2) is 12.0 Å². The van der Waals surface area contributed by atoms with Crippen molar-refractivity contribution in [2.24, 2.45) is 0 Å². The Balaban J connectivity index is 1.57. The highest BCUT2D eigenvalue weighted by Gasteiger charge is 2.15. The van der Waals surface area contributed by atoms with Crippen molar-refractivity contribution < 1.29 is 14.3 Å². The normalized spacial score (nSPS) is 11.1. The summed E-state index contributed by atoms with van der Waals surface area (Å²) in [6.07, 6.45) is -0.709. The molecule has 0 aromatic heterocycles. The second-order valence-electron chi connectivity index (χ2n) is 5.83. The lowest BCUT2D eigenvalue weighted by Gasteiger charge is -2.15. The summed E-state index contributed by atoms with van der Waals surface area (Å²) in [7, 11) is 0. The molecule has 0 bridgehead atoms. The summed E-state index contributed by atoms with van der Waals surface area (Å²) in [5.74, 6) is 1.62. The number of carbonyl (C=O) groups excluding carboxylic acids is 1. The van der Waals surface area contributed by atoms with E-state index in [2.05, 4.69) is 5.32 Å². The van der Waals surface area contributed by atoms with E-state index in [1.54, 1.807) is 55.5 Å². The Morgan fingerprint density at radius 2 is 1.59 bits per heavy atom. The minimum absolute atomic E-state index is 0.283. The third-order valence-corrected chi connectivity index (χ3v) is 3.75. The van der Waals surface area contributed by atoms with Crippen LogP contribution in [0.4, 0.5) is 5.69 Å². The van der Waals surface area contributed by atoms with E-state index in [0.29, 0.717) is 22.7 Å². The Labute approximate surface area is 157 Å². The minimum atomic E-state index is -0.709. The molecular weight excluding hydrogens is 340 g/mol. The van der Waals surface area contributed by atoms with Crippen LogP contribution in [0.5, 0.6) is 17.2 Å². The number of ether oxygens (including phenoxy) is 2. The van der Waals surface area contributed by atoms with Crippen LogP contribution in [-0.2, 0) is 4.79 Å². The van der Waals surface area contributed by atoms with E-state index >= 15 is 0 Å². The van der Waals surface area contributed by atoms with Crippen molar-refractivity contribution in [3.05, 3.63) is 84.4 Å². The molecule has 1 amide bonds. The molecule has 0 fully saturated rings. The lowest BCUT2D eigenvalue weighted by molar-refractivity contribution is -0.122. The van der Waals surface area contributed by atoms with E-state index in [1.807, 2.05) is 36.4 Å². The zero-order valence-electron chi connectivity index (χ0n) is 14.8. The second-order valence-corrected chi connectivity index (χ2v) is 5.83. The van der Waals surface area contributed by atoms with E-state index in [4.69, 9.17) is 14.7 Å². The molecule has 0 heterocycles. The third kappa shape index (κ3) is 5.10. The number of nitrogens with zero attached hydrogens (tertiary/aromatic N) is 1. The molecule has 3 aromatic rings. The van der Waals surface area contributed by atoms with E-state index in [1.165, 1.54) is 0 Å². The molecule has 134 valence electrons. The molecule has 27 heavy (non-hydrogen) atoms. The van der Waals surface area contributed by atoms with Crippen molar-refractivity contribution in [2.75, 3.05) is 5.32 Å². The van der Waals surface area contributed by atoms with Crippen molar-refractivity contribution in [2.45, 2.75) is 13.0 Å². The summed E-state index contributed by atoms with van der Waals surface area (Å²) in [5, 5.41) is 11.7. The second kappa shape index (κ2) is 8.54. The molecule has 3 rings (SSSR count). The first kappa shape index (κ1) is 18.0. The average Bonchev–Trinajstić information content (AvgIpc) is 2.70. The molecule has 3 aromatic carbocycles. The van der Waals surface area contributed by atoms with Crippen LogP contribution in [0.3, 0.4) is 0 Å². The van der Waals surface area contributed by atoms with Crippen LogP contribution < -0.4 is 14.8 Å². The number of hydrogen-bond acceptors (Lipinski definition) is 4. The highest BCUT2D eigenvalue weighted by molar-refractivity contribution is 5.94. The number of carbonyl (C=O) groups is 1. The zero-order valence-corrected chi connectivity index (χ0v) is 14.8. The molecule has 1 N–H and O–H groups in total. The molecule has 5 heteroatoms. The zero-order chi connectivity index (χ0) is 19.1.